The summed E-state index contributed by atoms with van der Waals surface area (Å²) >= 11 is 0.916. The van der Waals surface area contributed by atoms with Crippen molar-refractivity contribution in [3.63, 3.8) is 0 Å². The minimum Gasteiger partial charge on any atom is -0.482 e. The van der Waals surface area contributed by atoms with Gasteiger partial charge >= 0.3 is 10.9 Å². The zero-order valence-corrected chi connectivity index (χ0v) is 16.1. The average molecular weight is 423 g/mol. The summed E-state index contributed by atoms with van der Waals surface area (Å²) in [6, 6.07) is 17.8. The maximum absolute atomic E-state index is 12.2. The molecule has 0 aliphatic carbocycles. The number of esters is 1. The molecule has 0 radical (unpaired) electrons. The SMILES string of the molecule is O=C(COc1ccc([N+](=O)[O-])cc1)Oc1cc(-c2ccccc2)c2oc(=O)sc2c1. The molecule has 30 heavy (non-hydrogen) atoms. The summed E-state index contributed by atoms with van der Waals surface area (Å²) in [6.45, 7) is -0.391. The van der Waals surface area contributed by atoms with Crippen molar-refractivity contribution >= 4 is 33.3 Å². The van der Waals surface area contributed by atoms with E-state index >= 15 is 0 Å². The highest BCUT2D eigenvalue weighted by Gasteiger charge is 2.15. The molecule has 1 heterocycles. The maximum atomic E-state index is 12.2. The minimum absolute atomic E-state index is 0.0780. The van der Waals surface area contributed by atoms with Crippen molar-refractivity contribution in [2.45, 2.75) is 0 Å². The molecule has 0 fully saturated rings. The monoisotopic (exact) mass is 423 g/mol. The number of nitro benzene ring substituents is 1. The van der Waals surface area contributed by atoms with Crippen molar-refractivity contribution in [3.8, 4) is 22.6 Å². The van der Waals surface area contributed by atoms with Gasteiger partial charge in [-0.1, -0.05) is 41.7 Å². The van der Waals surface area contributed by atoms with E-state index in [-0.39, 0.29) is 11.4 Å². The molecule has 3 aromatic carbocycles. The highest BCUT2D eigenvalue weighted by molar-refractivity contribution is 7.16. The zero-order chi connectivity index (χ0) is 21.1. The molecule has 0 saturated heterocycles. The van der Waals surface area contributed by atoms with E-state index in [9.17, 15) is 19.7 Å². The number of benzene rings is 3. The first kappa shape index (κ1) is 19.3. The van der Waals surface area contributed by atoms with Gasteiger partial charge in [-0.15, -0.1) is 0 Å². The van der Waals surface area contributed by atoms with E-state index in [2.05, 4.69) is 0 Å². The third-order valence-electron chi connectivity index (χ3n) is 4.13. The van der Waals surface area contributed by atoms with Crippen molar-refractivity contribution in [2.24, 2.45) is 0 Å². The number of nitrogens with zero attached hydrogens (tertiary/aromatic N) is 1. The fourth-order valence-corrected chi connectivity index (χ4v) is 3.53. The van der Waals surface area contributed by atoms with E-state index in [0.717, 1.165) is 16.9 Å². The number of rotatable bonds is 6. The first-order chi connectivity index (χ1) is 14.5. The van der Waals surface area contributed by atoms with Crippen LogP contribution in [0.1, 0.15) is 0 Å². The highest BCUT2D eigenvalue weighted by atomic mass is 32.1. The summed E-state index contributed by atoms with van der Waals surface area (Å²) in [6.07, 6.45) is 0. The summed E-state index contributed by atoms with van der Waals surface area (Å²) in [5, 5.41) is 10.7. The molecular formula is C21H13NO7S. The lowest BCUT2D eigenvalue weighted by Crippen LogP contribution is -2.17. The predicted octanol–water partition coefficient (Wildman–Crippen LogP) is 4.41. The van der Waals surface area contributed by atoms with Crippen LogP contribution in [0.25, 0.3) is 21.4 Å². The second-order valence-corrected chi connectivity index (χ2v) is 7.11. The number of carbonyl (C=O) groups excluding carboxylic acids is 1. The summed E-state index contributed by atoms with van der Waals surface area (Å²) in [4.78, 5) is 33.6. The fraction of sp³-hybridized carbons (Fsp3) is 0.0476. The van der Waals surface area contributed by atoms with E-state index in [0.29, 0.717) is 21.6 Å². The number of nitro groups is 1. The van der Waals surface area contributed by atoms with Crippen molar-refractivity contribution < 1.29 is 23.6 Å². The van der Waals surface area contributed by atoms with Crippen LogP contribution in [0.15, 0.2) is 75.9 Å². The van der Waals surface area contributed by atoms with Crippen molar-refractivity contribution in [2.75, 3.05) is 6.61 Å². The third kappa shape index (κ3) is 4.20. The molecule has 0 saturated carbocycles. The van der Waals surface area contributed by atoms with Gasteiger partial charge in [-0.25, -0.2) is 9.59 Å². The number of carbonyl (C=O) groups is 1. The standard InChI is InChI=1S/C21H13NO7S/c23-19(12-27-15-8-6-14(7-9-15)22(25)26)28-16-10-17(13-4-2-1-3-5-13)20-18(11-16)30-21(24)29-20/h1-11H,12H2. The highest BCUT2D eigenvalue weighted by Crippen LogP contribution is 2.34. The van der Waals surface area contributed by atoms with Crippen LogP contribution in [-0.2, 0) is 4.79 Å². The summed E-state index contributed by atoms with van der Waals surface area (Å²) in [5.41, 5.74) is 1.79. The van der Waals surface area contributed by atoms with Crippen LogP contribution in [0.5, 0.6) is 11.5 Å². The van der Waals surface area contributed by atoms with E-state index in [1.807, 2.05) is 30.3 Å². The molecule has 8 nitrogen and oxygen atoms in total. The lowest BCUT2D eigenvalue weighted by Gasteiger charge is -2.09. The smallest absolute Gasteiger partial charge is 0.396 e. The Bertz CT molecular complexity index is 1280. The van der Waals surface area contributed by atoms with Gasteiger partial charge in [0.15, 0.2) is 12.2 Å². The van der Waals surface area contributed by atoms with Crippen LogP contribution >= 0.6 is 11.3 Å². The molecule has 0 spiro atoms. The summed E-state index contributed by atoms with van der Waals surface area (Å²) in [5.74, 6) is -0.121. The van der Waals surface area contributed by atoms with Gasteiger partial charge in [0, 0.05) is 23.8 Å². The van der Waals surface area contributed by atoms with Crippen molar-refractivity contribution in [1.29, 1.82) is 0 Å². The molecular weight excluding hydrogens is 410 g/mol. The van der Waals surface area contributed by atoms with Gasteiger partial charge in [0.1, 0.15) is 11.5 Å². The Kier molecular flexibility index (Phi) is 5.27. The molecule has 0 N–H and O–H groups in total. The molecule has 0 aliphatic rings. The summed E-state index contributed by atoms with van der Waals surface area (Å²) in [7, 11) is 0. The van der Waals surface area contributed by atoms with E-state index in [1.54, 1.807) is 12.1 Å². The Morgan fingerprint density at radius 3 is 2.47 bits per heavy atom. The minimum atomic E-state index is -0.664. The molecule has 1 aromatic heterocycles. The van der Waals surface area contributed by atoms with Gasteiger partial charge in [-0.05, 0) is 23.8 Å². The molecule has 0 amide bonds. The number of ether oxygens (including phenoxy) is 2. The summed E-state index contributed by atoms with van der Waals surface area (Å²) < 4.78 is 16.5. The quantitative estimate of drug-likeness (QED) is 0.195. The van der Waals surface area contributed by atoms with Gasteiger partial charge in [0.2, 0.25) is 0 Å². The Hall–Kier alpha value is -3.98. The van der Waals surface area contributed by atoms with Crippen LogP contribution in [0.2, 0.25) is 0 Å². The van der Waals surface area contributed by atoms with Crippen LogP contribution < -0.4 is 14.4 Å². The largest absolute Gasteiger partial charge is 0.482 e. The topological polar surface area (TPSA) is 109 Å². The molecule has 4 aromatic rings. The van der Waals surface area contributed by atoms with Crippen LogP contribution in [0.4, 0.5) is 5.69 Å². The third-order valence-corrected chi connectivity index (χ3v) is 4.90. The first-order valence-corrected chi connectivity index (χ1v) is 9.52. The zero-order valence-electron chi connectivity index (χ0n) is 15.3. The molecule has 4 rings (SSSR count). The Morgan fingerprint density at radius 1 is 1.03 bits per heavy atom. The second-order valence-electron chi connectivity index (χ2n) is 6.13. The molecule has 9 heteroatoms. The van der Waals surface area contributed by atoms with Crippen LogP contribution in [0.3, 0.4) is 0 Å². The maximum Gasteiger partial charge on any atom is 0.396 e. The van der Waals surface area contributed by atoms with Gasteiger partial charge in [-0.2, -0.15) is 0 Å². The van der Waals surface area contributed by atoms with Crippen molar-refractivity contribution in [3.05, 3.63) is 86.6 Å². The van der Waals surface area contributed by atoms with Crippen LogP contribution in [-0.4, -0.2) is 17.5 Å². The predicted molar refractivity (Wildman–Crippen MR) is 110 cm³/mol. The van der Waals surface area contributed by atoms with Crippen molar-refractivity contribution in [1.82, 2.24) is 0 Å². The molecule has 0 aliphatic heterocycles. The van der Waals surface area contributed by atoms with Gasteiger partial charge in [-0.3, -0.25) is 10.1 Å². The molecule has 0 atom stereocenters. The Morgan fingerprint density at radius 2 is 1.77 bits per heavy atom. The second kappa shape index (κ2) is 8.18. The number of non-ortho nitro benzene ring substituents is 1. The average Bonchev–Trinajstić information content (AvgIpc) is 3.12. The Labute approximate surface area is 173 Å². The molecule has 150 valence electrons. The van der Waals surface area contributed by atoms with E-state index in [4.69, 9.17) is 13.9 Å². The fourth-order valence-electron chi connectivity index (χ4n) is 2.81. The van der Waals surface area contributed by atoms with Crippen LogP contribution in [0, 0.1) is 10.1 Å². The Balaban J connectivity index is 1.52. The van der Waals surface area contributed by atoms with E-state index in [1.165, 1.54) is 24.3 Å². The lowest BCUT2D eigenvalue weighted by molar-refractivity contribution is -0.384. The number of fused-ring (bicyclic) bond motifs is 1. The molecule has 0 bridgehead atoms. The molecule has 0 unspecified atom stereocenters. The number of hydrogen-bond donors (Lipinski definition) is 0. The van der Waals surface area contributed by atoms with Gasteiger partial charge in [0.25, 0.3) is 5.69 Å². The first-order valence-electron chi connectivity index (χ1n) is 8.70. The van der Waals surface area contributed by atoms with Gasteiger partial charge < -0.3 is 13.9 Å². The van der Waals surface area contributed by atoms with E-state index < -0.39 is 22.4 Å². The lowest BCUT2D eigenvalue weighted by atomic mass is 10.0. The normalized spacial score (nSPS) is 10.7. The number of hydrogen-bond acceptors (Lipinski definition) is 8. The van der Waals surface area contributed by atoms with Gasteiger partial charge in [0.05, 0.1) is 9.62 Å².